The number of likely N-dealkylation sites (tertiary alicyclic amines) is 1. The quantitative estimate of drug-likeness (QED) is 0.760. The second kappa shape index (κ2) is 7.62. The van der Waals surface area contributed by atoms with Crippen LogP contribution < -0.4 is 5.32 Å². The first kappa shape index (κ1) is 17.5. The van der Waals surface area contributed by atoms with Gasteiger partial charge in [0.2, 0.25) is 11.8 Å². The van der Waals surface area contributed by atoms with E-state index in [1.165, 1.54) is 12.8 Å². The molecule has 0 spiro atoms. The first-order valence-corrected chi connectivity index (χ1v) is 8.11. The molecule has 1 unspecified atom stereocenters. The average Bonchev–Trinajstić information content (AvgIpc) is 3.28. The zero-order valence-corrected chi connectivity index (χ0v) is 13.7. The van der Waals surface area contributed by atoms with Crippen molar-refractivity contribution in [1.82, 2.24) is 15.1 Å². The van der Waals surface area contributed by atoms with E-state index in [1.54, 1.807) is 4.90 Å². The van der Waals surface area contributed by atoms with Gasteiger partial charge in [-0.3, -0.25) is 9.59 Å². The van der Waals surface area contributed by atoms with Gasteiger partial charge in [-0.1, -0.05) is 0 Å². The van der Waals surface area contributed by atoms with Gasteiger partial charge < -0.3 is 20.2 Å². The van der Waals surface area contributed by atoms with Crippen LogP contribution in [0.4, 0.5) is 0 Å². The number of nitrogens with zero attached hydrogens (tertiary/aromatic N) is 2. The number of hydrogen-bond acceptors (Lipinski definition) is 4. The van der Waals surface area contributed by atoms with Crippen LogP contribution in [-0.4, -0.2) is 71.6 Å². The number of aliphatic hydroxyl groups excluding tert-OH is 1. The van der Waals surface area contributed by atoms with E-state index in [0.29, 0.717) is 31.8 Å². The first-order chi connectivity index (χ1) is 10.1. The van der Waals surface area contributed by atoms with Crippen LogP contribution in [-0.2, 0) is 9.59 Å². The summed E-state index contributed by atoms with van der Waals surface area (Å²) in [5.41, 5.74) is 0. The van der Waals surface area contributed by atoms with Gasteiger partial charge >= 0.3 is 0 Å². The molecule has 0 aromatic carbocycles. The van der Waals surface area contributed by atoms with Crippen molar-refractivity contribution in [2.45, 2.75) is 44.2 Å². The summed E-state index contributed by atoms with van der Waals surface area (Å²) in [5.74, 6) is 0.798. The SMILES string of the molecule is Cl.O=C(CC1NCCN(CC2CC2)C1=O)N1CCC(O)CC1. The van der Waals surface area contributed by atoms with E-state index in [2.05, 4.69) is 5.32 Å². The predicted octanol–water partition coefficient (Wildman–Crippen LogP) is -0.00800. The van der Waals surface area contributed by atoms with Crippen molar-refractivity contribution in [2.24, 2.45) is 5.92 Å². The van der Waals surface area contributed by atoms with Crippen molar-refractivity contribution in [1.29, 1.82) is 0 Å². The number of aliphatic hydroxyl groups is 1. The molecule has 1 saturated carbocycles. The predicted molar refractivity (Wildman–Crippen MR) is 84.8 cm³/mol. The molecule has 0 radical (unpaired) electrons. The van der Waals surface area contributed by atoms with Crippen LogP contribution in [0.2, 0.25) is 0 Å². The fraction of sp³-hybridized carbons (Fsp3) is 0.867. The number of piperidine rings is 1. The molecule has 3 fully saturated rings. The van der Waals surface area contributed by atoms with Crippen molar-refractivity contribution in [2.75, 3.05) is 32.7 Å². The Labute approximate surface area is 137 Å². The summed E-state index contributed by atoms with van der Waals surface area (Å²) in [5, 5.41) is 12.7. The number of piperazine rings is 1. The fourth-order valence-electron chi connectivity index (χ4n) is 3.16. The summed E-state index contributed by atoms with van der Waals surface area (Å²) < 4.78 is 0. The van der Waals surface area contributed by atoms with Gasteiger partial charge in [0.05, 0.1) is 18.6 Å². The van der Waals surface area contributed by atoms with E-state index >= 15 is 0 Å². The fourth-order valence-corrected chi connectivity index (χ4v) is 3.16. The van der Waals surface area contributed by atoms with Gasteiger partial charge in [-0.25, -0.2) is 0 Å². The van der Waals surface area contributed by atoms with E-state index in [9.17, 15) is 14.7 Å². The molecule has 2 amide bonds. The Kier molecular flexibility index (Phi) is 6.06. The Morgan fingerprint density at radius 1 is 1.18 bits per heavy atom. The molecule has 1 aliphatic carbocycles. The minimum Gasteiger partial charge on any atom is -0.393 e. The van der Waals surface area contributed by atoms with Crippen LogP contribution in [0.3, 0.4) is 0 Å². The molecule has 0 aromatic heterocycles. The van der Waals surface area contributed by atoms with Crippen LogP contribution in [0.1, 0.15) is 32.1 Å². The molecule has 22 heavy (non-hydrogen) atoms. The van der Waals surface area contributed by atoms with Crippen LogP contribution >= 0.6 is 12.4 Å². The number of carbonyl (C=O) groups is 2. The van der Waals surface area contributed by atoms with Gasteiger partial charge in [0.25, 0.3) is 0 Å². The molecule has 1 atom stereocenters. The van der Waals surface area contributed by atoms with Crippen molar-refractivity contribution >= 4 is 24.2 Å². The standard InChI is InChI=1S/C15H25N3O3.ClH/c19-12-3-6-17(7-4-12)14(20)9-13-15(21)18(8-5-16-13)10-11-1-2-11;/h11-13,16,19H,1-10H2;1H. The van der Waals surface area contributed by atoms with Crippen molar-refractivity contribution < 1.29 is 14.7 Å². The minimum atomic E-state index is -0.364. The normalized spacial score (nSPS) is 26.8. The highest BCUT2D eigenvalue weighted by molar-refractivity contribution is 5.89. The summed E-state index contributed by atoms with van der Waals surface area (Å²) >= 11 is 0. The lowest BCUT2D eigenvalue weighted by Gasteiger charge is -2.35. The topological polar surface area (TPSA) is 72.9 Å². The second-order valence-corrected chi connectivity index (χ2v) is 6.55. The van der Waals surface area contributed by atoms with Gasteiger partial charge in [-0.2, -0.15) is 0 Å². The second-order valence-electron chi connectivity index (χ2n) is 6.55. The Hall–Kier alpha value is -0.850. The van der Waals surface area contributed by atoms with Gasteiger partial charge in [-0.15, -0.1) is 12.4 Å². The van der Waals surface area contributed by atoms with E-state index in [4.69, 9.17) is 0 Å². The molecule has 3 rings (SSSR count). The molecule has 2 N–H and O–H groups in total. The van der Waals surface area contributed by atoms with E-state index in [-0.39, 0.29) is 42.8 Å². The van der Waals surface area contributed by atoms with E-state index in [0.717, 1.165) is 19.6 Å². The number of hydrogen-bond donors (Lipinski definition) is 2. The average molecular weight is 332 g/mol. The lowest BCUT2D eigenvalue weighted by Crippen LogP contribution is -2.57. The Bertz CT molecular complexity index is 409. The van der Waals surface area contributed by atoms with Crippen LogP contribution in [0.25, 0.3) is 0 Å². The molecule has 7 heteroatoms. The Morgan fingerprint density at radius 2 is 1.86 bits per heavy atom. The summed E-state index contributed by atoms with van der Waals surface area (Å²) in [6.45, 7) is 3.60. The van der Waals surface area contributed by atoms with E-state index in [1.807, 2.05) is 4.90 Å². The van der Waals surface area contributed by atoms with E-state index < -0.39 is 0 Å². The van der Waals surface area contributed by atoms with Crippen LogP contribution in [0, 0.1) is 5.92 Å². The molecule has 2 saturated heterocycles. The molecule has 2 aliphatic heterocycles. The zero-order valence-electron chi connectivity index (χ0n) is 12.9. The van der Waals surface area contributed by atoms with Gasteiger partial charge in [0.15, 0.2) is 0 Å². The number of halogens is 1. The highest BCUT2D eigenvalue weighted by atomic mass is 35.5. The zero-order chi connectivity index (χ0) is 14.8. The molecule has 126 valence electrons. The Balaban J connectivity index is 0.00000176. The number of nitrogens with one attached hydrogen (secondary N) is 1. The largest absolute Gasteiger partial charge is 0.393 e. The molecule has 6 nitrogen and oxygen atoms in total. The number of amides is 2. The molecule has 3 aliphatic rings. The summed E-state index contributed by atoms with van der Waals surface area (Å²) in [6, 6.07) is -0.364. The first-order valence-electron chi connectivity index (χ1n) is 8.11. The maximum absolute atomic E-state index is 12.4. The van der Waals surface area contributed by atoms with Crippen molar-refractivity contribution in [3.63, 3.8) is 0 Å². The highest BCUT2D eigenvalue weighted by Gasteiger charge is 2.34. The number of carbonyl (C=O) groups excluding carboxylic acids is 2. The molecular weight excluding hydrogens is 306 g/mol. The maximum atomic E-state index is 12.4. The lowest BCUT2D eigenvalue weighted by atomic mass is 10.0. The van der Waals surface area contributed by atoms with Crippen molar-refractivity contribution in [3.05, 3.63) is 0 Å². The van der Waals surface area contributed by atoms with Gasteiger partial charge in [-0.05, 0) is 31.6 Å². The molecule has 2 heterocycles. The molecule has 0 aromatic rings. The van der Waals surface area contributed by atoms with Gasteiger partial charge in [0.1, 0.15) is 0 Å². The monoisotopic (exact) mass is 331 g/mol. The molecule has 0 bridgehead atoms. The lowest BCUT2D eigenvalue weighted by molar-refractivity contribution is -0.142. The summed E-state index contributed by atoms with van der Waals surface area (Å²) in [4.78, 5) is 28.4. The minimum absolute atomic E-state index is 0. The van der Waals surface area contributed by atoms with Crippen molar-refractivity contribution in [3.8, 4) is 0 Å². The highest BCUT2D eigenvalue weighted by Crippen LogP contribution is 2.30. The third-order valence-electron chi connectivity index (χ3n) is 4.75. The van der Waals surface area contributed by atoms with Gasteiger partial charge in [0, 0.05) is 32.7 Å². The number of rotatable bonds is 4. The maximum Gasteiger partial charge on any atom is 0.240 e. The third-order valence-corrected chi connectivity index (χ3v) is 4.75. The smallest absolute Gasteiger partial charge is 0.240 e. The molecular formula is C15H26ClN3O3. The van der Waals surface area contributed by atoms with Crippen LogP contribution in [0.5, 0.6) is 0 Å². The summed E-state index contributed by atoms with van der Waals surface area (Å²) in [7, 11) is 0. The Morgan fingerprint density at radius 3 is 2.50 bits per heavy atom. The summed E-state index contributed by atoms with van der Waals surface area (Å²) in [6.07, 6.45) is 3.72. The third kappa shape index (κ3) is 4.33. The van der Waals surface area contributed by atoms with Crippen LogP contribution in [0.15, 0.2) is 0 Å².